The maximum absolute atomic E-state index is 9.41. The molecule has 170 valence electrons. The van der Waals surface area contributed by atoms with Crippen molar-refractivity contribution >= 4 is 0 Å². The molecule has 0 heterocycles. The molecule has 3 aromatic rings. The van der Waals surface area contributed by atoms with Gasteiger partial charge in [-0.3, -0.25) is 0 Å². The number of rotatable bonds is 12. The van der Waals surface area contributed by atoms with Crippen LogP contribution in [0.4, 0.5) is 0 Å². The number of hydrogen-bond donors (Lipinski definition) is 1. The SMILES string of the molecule is CCCc1ccc(-c2ccc(-c3ccc(CC(CCO)CCOC)cc3CC)cc2)cc1. The average molecular weight is 431 g/mol. The van der Waals surface area contributed by atoms with Gasteiger partial charge in [0, 0.05) is 20.3 Å². The van der Waals surface area contributed by atoms with Gasteiger partial charge in [-0.25, -0.2) is 0 Å². The Balaban J connectivity index is 1.77. The third-order valence-electron chi connectivity index (χ3n) is 6.36. The van der Waals surface area contributed by atoms with Crippen molar-refractivity contribution in [3.8, 4) is 22.3 Å². The van der Waals surface area contributed by atoms with Crippen molar-refractivity contribution in [2.75, 3.05) is 20.3 Å². The van der Waals surface area contributed by atoms with Gasteiger partial charge in [0.15, 0.2) is 0 Å². The lowest BCUT2D eigenvalue weighted by atomic mass is 9.89. The van der Waals surface area contributed by atoms with E-state index in [0.717, 1.165) is 38.7 Å². The van der Waals surface area contributed by atoms with E-state index in [4.69, 9.17) is 4.74 Å². The number of hydrogen-bond acceptors (Lipinski definition) is 2. The van der Waals surface area contributed by atoms with Crippen LogP contribution in [0, 0.1) is 5.92 Å². The summed E-state index contributed by atoms with van der Waals surface area (Å²) in [6.45, 7) is 5.43. The van der Waals surface area contributed by atoms with Crippen molar-refractivity contribution in [2.24, 2.45) is 5.92 Å². The average Bonchev–Trinajstić information content (AvgIpc) is 2.83. The normalized spacial score (nSPS) is 12.1. The monoisotopic (exact) mass is 430 g/mol. The summed E-state index contributed by atoms with van der Waals surface area (Å²) < 4.78 is 5.25. The van der Waals surface area contributed by atoms with E-state index < -0.39 is 0 Å². The highest BCUT2D eigenvalue weighted by molar-refractivity contribution is 5.72. The third-order valence-corrected chi connectivity index (χ3v) is 6.36. The van der Waals surface area contributed by atoms with Gasteiger partial charge in [-0.05, 0) is 77.0 Å². The summed E-state index contributed by atoms with van der Waals surface area (Å²) in [5.41, 5.74) is 9.26. The van der Waals surface area contributed by atoms with Crippen molar-refractivity contribution in [1.29, 1.82) is 0 Å². The number of aliphatic hydroxyl groups is 1. The molecule has 0 radical (unpaired) electrons. The maximum Gasteiger partial charge on any atom is 0.0465 e. The van der Waals surface area contributed by atoms with Crippen molar-refractivity contribution in [3.63, 3.8) is 0 Å². The third kappa shape index (κ3) is 6.54. The van der Waals surface area contributed by atoms with Gasteiger partial charge in [0.2, 0.25) is 0 Å². The Hall–Kier alpha value is -2.42. The molecule has 0 fully saturated rings. The largest absolute Gasteiger partial charge is 0.396 e. The Bertz CT molecular complexity index is 942. The molecule has 0 amide bonds. The van der Waals surface area contributed by atoms with E-state index in [1.54, 1.807) is 7.11 Å². The minimum Gasteiger partial charge on any atom is -0.396 e. The minimum absolute atomic E-state index is 0.237. The molecular formula is C30H38O2. The van der Waals surface area contributed by atoms with E-state index in [-0.39, 0.29) is 6.61 Å². The number of aryl methyl sites for hydroxylation is 2. The highest BCUT2D eigenvalue weighted by Crippen LogP contribution is 2.29. The first-order valence-corrected chi connectivity index (χ1v) is 12.1. The summed E-state index contributed by atoms with van der Waals surface area (Å²) in [6.07, 6.45) is 6.13. The molecule has 0 saturated heterocycles. The second-order valence-corrected chi connectivity index (χ2v) is 8.73. The molecule has 1 atom stereocenters. The maximum atomic E-state index is 9.41. The Labute approximate surface area is 194 Å². The standard InChI is InChI=1S/C30H38O2/c1-4-6-23-7-10-27(11-8-23)28-12-14-29(15-13-28)30-16-9-25(22-26(30)5-2)21-24(17-19-31)18-20-32-3/h7-16,22,24,31H,4-6,17-21H2,1-3H3. The summed E-state index contributed by atoms with van der Waals surface area (Å²) in [5, 5.41) is 9.41. The van der Waals surface area contributed by atoms with Gasteiger partial charge in [0.05, 0.1) is 0 Å². The number of aliphatic hydroxyl groups excluding tert-OH is 1. The van der Waals surface area contributed by atoms with E-state index in [1.165, 1.54) is 45.4 Å². The summed E-state index contributed by atoms with van der Waals surface area (Å²) in [7, 11) is 1.74. The van der Waals surface area contributed by atoms with Crippen LogP contribution < -0.4 is 0 Å². The fourth-order valence-electron chi connectivity index (χ4n) is 4.49. The van der Waals surface area contributed by atoms with Crippen LogP contribution in [0.15, 0.2) is 66.7 Å². The van der Waals surface area contributed by atoms with Gasteiger partial charge in [0.1, 0.15) is 0 Å². The first-order chi connectivity index (χ1) is 15.7. The van der Waals surface area contributed by atoms with Crippen LogP contribution in [0.25, 0.3) is 22.3 Å². The Morgan fingerprint density at radius 2 is 1.41 bits per heavy atom. The zero-order chi connectivity index (χ0) is 22.8. The van der Waals surface area contributed by atoms with Gasteiger partial charge >= 0.3 is 0 Å². The predicted octanol–water partition coefficient (Wildman–Crippen LogP) is 7.11. The first kappa shape index (κ1) is 24.2. The summed E-state index contributed by atoms with van der Waals surface area (Å²) in [4.78, 5) is 0. The molecule has 0 saturated carbocycles. The minimum atomic E-state index is 0.237. The molecule has 3 aromatic carbocycles. The van der Waals surface area contributed by atoms with Crippen molar-refractivity contribution < 1.29 is 9.84 Å². The number of methoxy groups -OCH3 is 1. The molecule has 0 aromatic heterocycles. The first-order valence-electron chi connectivity index (χ1n) is 12.1. The van der Waals surface area contributed by atoms with Crippen molar-refractivity contribution in [3.05, 3.63) is 83.4 Å². The molecule has 0 aliphatic rings. The van der Waals surface area contributed by atoms with Crippen LogP contribution in [0.5, 0.6) is 0 Å². The van der Waals surface area contributed by atoms with Gasteiger partial charge in [-0.2, -0.15) is 0 Å². The molecule has 0 aliphatic carbocycles. The predicted molar refractivity (Wildman–Crippen MR) is 136 cm³/mol. The summed E-state index contributed by atoms with van der Waals surface area (Å²) in [6, 6.07) is 24.8. The van der Waals surface area contributed by atoms with Crippen molar-refractivity contribution in [2.45, 2.75) is 52.4 Å². The highest BCUT2D eigenvalue weighted by Gasteiger charge is 2.12. The highest BCUT2D eigenvalue weighted by atomic mass is 16.5. The lowest BCUT2D eigenvalue weighted by molar-refractivity contribution is 0.165. The molecule has 0 spiro atoms. The Morgan fingerprint density at radius 3 is 2.00 bits per heavy atom. The Kier molecular flexibility index (Phi) is 9.52. The smallest absolute Gasteiger partial charge is 0.0465 e. The molecule has 1 unspecified atom stereocenters. The lowest BCUT2D eigenvalue weighted by Gasteiger charge is -2.17. The summed E-state index contributed by atoms with van der Waals surface area (Å²) in [5.74, 6) is 0.457. The van der Waals surface area contributed by atoms with E-state index >= 15 is 0 Å². The van der Waals surface area contributed by atoms with Crippen LogP contribution in [0.3, 0.4) is 0 Å². The van der Waals surface area contributed by atoms with Crippen LogP contribution in [-0.2, 0) is 24.0 Å². The molecule has 2 nitrogen and oxygen atoms in total. The summed E-state index contributed by atoms with van der Waals surface area (Å²) >= 11 is 0. The molecule has 0 aliphatic heterocycles. The molecular weight excluding hydrogens is 392 g/mol. The van der Waals surface area contributed by atoms with Crippen LogP contribution in [0.2, 0.25) is 0 Å². The van der Waals surface area contributed by atoms with E-state index in [0.29, 0.717) is 5.92 Å². The fraction of sp³-hybridized carbons (Fsp3) is 0.400. The zero-order valence-electron chi connectivity index (χ0n) is 19.9. The van der Waals surface area contributed by atoms with Crippen LogP contribution in [0.1, 0.15) is 49.8 Å². The molecule has 3 rings (SSSR count). The second-order valence-electron chi connectivity index (χ2n) is 8.73. The van der Waals surface area contributed by atoms with E-state index in [1.807, 2.05) is 0 Å². The van der Waals surface area contributed by atoms with Gasteiger partial charge < -0.3 is 9.84 Å². The van der Waals surface area contributed by atoms with E-state index in [2.05, 4.69) is 80.6 Å². The molecule has 0 bridgehead atoms. The van der Waals surface area contributed by atoms with Gasteiger partial charge in [-0.15, -0.1) is 0 Å². The fourth-order valence-corrected chi connectivity index (χ4v) is 4.49. The quantitative estimate of drug-likeness (QED) is 0.332. The van der Waals surface area contributed by atoms with Crippen LogP contribution >= 0.6 is 0 Å². The van der Waals surface area contributed by atoms with Crippen molar-refractivity contribution in [1.82, 2.24) is 0 Å². The molecule has 1 N–H and O–H groups in total. The number of benzene rings is 3. The van der Waals surface area contributed by atoms with E-state index in [9.17, 15) is 5.11 Å². The topological polar surface area (TPSA) is 29.5 Å². The second kappa shape index (κ2) is 12.6. The van der Waals surface area contributed by atoms with Crippen LogP contribution in [-0.4, -0.2) is 25.4 Å². The Morgan fingerprint density at radius 1 is 0.781 bits per heavy atom. The molecule has 2 heteroatoms. The zero-order valence-corrected chi connectivity index (χ0v) is 19.9. The number of ether oxygens (including phenoxy) is 1. The van der Waals surface area contributed by atoms with Gasteiger partial charge in [0.25, 0.3) is 0 Å². The molecule has 32 heavy (non-hydrogen) atoms. The lowest BCUT2D eigenvalue weighted by Crippen LogP contribution is -2.10. The van der Waals surface area contributed by atoms with Gasteiger partial charge in [-0.1, -0.05) is 87.0 Å².